The van der Waals surface area contributed by atoms with Crippen molar-refractivity contribution in [2.45, 2.75) is 32.7 Å². The van der Waals surface area contributed by atoms with E-state index in [1.54, 1.807) is 25.3 Å². The number of rotatable bonds is 7. The number of hydrogen-bond donors (Lipinski definition) is 0. The number of halogens is 1. The lowest BCUT2D eigenvalue weighted by Crippen LogP contribution is -2.29. The number of likely N-dealkylation sites (N-methyl/N-ethyl adjacent to an activating group) is 1. The van der Waals surface area contributed by atoms with Gasteiger partial charge < -0.3 is 14.4 Å². The molecule has 0 unspecified atom stereocenters. The SMILES string of the molecule is CCCCOc1ccc(C(=O)N(Cl)c2cccc3c2CCN(C)C3)cc1OC. The Morgan fingerprint density at radius 3 is 2.82 bits per heavy atom. The highest BCUT2D eigenvalue weighted by molar-refractivity contribution is 6.39. The zero-order valence-electron chi connectivity index (χ0n) is 16.7. The number of carbonyl (C=O) groups is 1. The number of carbonyl (C=O) groups excluding carboxylic acids is 1. The van der Waals surface area contributed by atoms with Gasteiger partial charge in [0.05, 0.1) is 19.4 Å². The number of hydrogen-bond acceptors (Lipinski definition) is 4. The van der Waals surface area contributed by atoms with Gasteiger partial charge in [0.2, 0.25) is 0 Å². The second kappa shape index (κ2) is 9.30. The maximum atomic E-state index is 13.0. The van der Waals surface area contributed by atoms with E-state index >= 15 is 0 Å². The van der Waals surface area contributed by atoms with E-state index in [0.29, 0.717) is 23.7 Å². The quantitative estimate of drug-likeness (QED) is 0.499. The molecule has 3 rings (SSSR count). The van der Waals surface area contributed by atoms with Crippen LogP contribution in [0.1, 0.15) is 41.3 Å². The molecule has 1 amide bonds. The molecule has 5 nitrogen and oxygen atoms in total. The lowest BCUT2D eigenvalue weighted by Gasteiger charge is -2.28. The minimum absolute atomic E-state index is 0.285. The van der Waals surface area contributed by atoms with Crippen LogP contribution >= 0.6 is 11.8 Å². The largest absolute Gasteiger partial charge is 0.493 e. The summed E-state index contributed by atoms with van der Waals surface area (Å²) in [6, 6.07) is 11.1. The van der Waals surface area contributed by atoms with Crippen LogP contribution in [0.5, 0.6) is 11.5 Å². The van der Waals surface area contributed by atoms with E-state index in [2.05, 4.69) is 24.9 Å². The topological polar surface area (TPSA) is 42.0 Å². The molecule has 6 heteroatoms. The van der Waals surface area contributed by atoms with Crippen molar-refractivity contribution in [3.05, 3.63) is 53.1 Å². The summed E-state index contributed by atoms with van der Waals surface area (Å²) < 4.78 is 12.4. The van der Waals surface area contributed by atoms with Gasteiger partial charge in [-0.25, -0.2) is 4.42 Å². The second-order valence-corrected chi connectivity index (χ2v) is 7.39. The fraction of sp³-hybridized carbons (Fsp3) is 0.409. The Bertz CT molecular complexity index is 841. The van der Waals surface area contributed by atoms with Crippen LogP contribution in [-0.2, 0) is 13.0 Å². The minimum Gasteiger partial charge on any atom is -0.493 e. The summed E-state index contributed by atoms with van der Waals surface area (Å²) in [5.41, 5.74) is 3.55. The molecule has 0 saturated heterocycles. The molecule has 1 aliphatic rings. The Balaban J connectivity index is 1.83. The van der Waals surface area contributed by atoms with Gasteiger partial charge in [0.1, 0.15) is 0 Å². The summed E-state index contributed by atoms with van der Waals surface area (Å²) >= 11 is 6.50. The molecule has 1 heterocycles. The van der Waals surface area contributed by atoms with Crippen LogP contribution in [0.15, 0.2) is 36.4 Å². The lowest BCUT2D eigenvalue weighted by molar-refractivity contribution is 0.100. The maximum absolute atomic E-state index is 13.0. The van der Waals surface area contributed by atoms with Gasteiger partial charge in [-0.1, -0.05) is 25.5 Å². The van der Waals surface area contributed by atoms with Gasteiger partial charge >= 0.3 is 0 Å². The molecule has 0 radical (unpaired) electrons. The van der Waals surface area contributed by atoms with E-state index in [1.807, 2.05) is 12.1 Å². The van der Waals surface area contributed by atoms with Crippen LogP contribution in [-0.4, -0.2) is 38.1 Å². The number of methoxy groups -OCH3 is 1. The third-order valence-electron chi connectivity index (χ3n) is 4.99. The first kappa shape index (κ1) is 20.5. The van der Waals surface area contributed by atoms with Crippen LogP contribution in [0, 0.1) is 0 Å². The molecule has 0 N–H and O–H groups in total. The highest BCUT2D eigenvalue weighted by Crippen LogP contribution is 2.33. The maximum Gasteiger partial charge on any atom is 0.273 e. The molecular formula is C22H27ClN2O3. The van der Waals surface area contributed by atoms with Crippen LogP contribution < -0.4 is 13.9 Å². The van der Waals surface area contributed by atoms with E-state index in [4.69, 9.17) is 21.3 Å². The molecule has 0 atom stereocenters. The molecule has 0 aliphatic carbocycles. The fourth-order valence-electron chi connectivity index (χ4n) is 3.38. The Hall–Kier alpha value is -2.24. The Morgan fingerprint density at radius 2 is 2.07 bits per heavy atom. The molecule has 1 aliphatic heterocycles. The van der Waals surface area contributed by atoms with Gasteiger partial charge in [-0.2, -0.15) is 0 Å². The number of unbranched alkanes of at least 4 members (excludes halogenated alkanes) is 1. The lowest BCUT2D eigenvalue weighted by atomic mass is 9.98. The number of benzene rings is 2. The van der Waals surface area contributed by atoms with Crippen molar-refractivity contribution >= 4 is 23.4 Å². The first-order chi connectivity index (χ1) is 13.5. The number of fused-ring (bicyclic) bond motifs is 1. The Kier molecular flexibility index (Phi) is 6.81. The summed E-state index contributed by atoms with van der Waals surface area (Å²) in [6.07, 6.45) is 2.89. The molecule has 0 bridgehead atoms. The predicted octanol–water partition coefficient (Wildman–Crippen LogP) is 4.66. The van der Waals surface area contributed by atoms with Gasteiger partial charge in [-0.3, -0.25) is 4.79 Å². The van der Waals surface area contributed by atoms with Crippen LogP contribution in [0.4, 0.5) is 5.69 Å². The van der Waals surface area contributed by atoms with E-state index in [-0.39, 0.29) is 5.91 Å². The zero-order chi connectivity index (χ0) is 20.1. The fourth-order valence-corrected chi connectivity index (χ4v) is 3.64. The molecule has 28 heavy (non-hydrogen) atoms. The minimum atomic E-state index is -0.285. The smallest absolute Gasteiger partial charge is 0.273 e. The monoisotopic (exact) mass is 402 g/mol. The van der Waals surface area contributed by atoms with Crippen LogP contribution in [0.3, 0.4) is 0 Å². The Morgan fingerprint density at radius 1 is 1.25 bits per heavy atom. The third kappa shape index (κ3) is 4.42. The van der Waals surface area contributed by atoms with Gasteiger partial charge in [-0.15, -0.1) is 0 Å². The van der Waals surface area contributed by atoms with Crippen molar-refractivity contribution in [1.82, 2.24) is 4.90 Å². The van der Waals surface area contributed by atoms with Crippen molar-refractivity contribution in [2.24, 2.45) is 0 Å². The van der Waals surface area contributed by atoms with Crippen molar-refractivity contribution < 1.29 is 14.3 Å². The standard InChI is InChI=1S/C22H27ClN2O3/c1-4-5-13-28-20-10-9-16(14-21(20)27-3)22(26)25(23)19-8-6-7-17-15-24(2)12-11-18(17)19/h6-10,14H,4-5,11-13,15H2,1-3H3. The summed E-state index contributed by atoms with van der Waals surface area (Å²) in [5, 5.41) is 0. The van der Waals surface area contributed by atoms with Crippen molar-refractivity contribution in [2.75, 3.05) is 31.7 Å². The van der Waals surface area contributed by atoms with Crippen LogP contribution in [0.25, 0.3) is 0 Å². The molecule has 0 fully saturated rings. The first-order valence-electron chi connectivity index (χ1n) is 9.65. The van der Waals surface area contributed by atoms with Gasteiger partial charge in [0.25, 0.3) is 5.91 Å². The first-order valence-corrected chi connectivity index (χ1v) is 9.99. The molecular weight excluding hydrogens is 376 g/mol. The van der Waals surface area contributed by atoms with Crippen molar-refractivity contribution in [3.63, 3.8) is 0 Å². The number of ether oxygens (including phenoxy) is 2. The molecule has 0 saturated carbocycles. The average Bonchev–Trinajstić information content (AvgIpc) is 2.72. The zero-order valence-corrected chi connectivity index (χ0v) is 17.5. The highest BCUT2D eigenvalue weighted by Gasteiger charge is 2.24. The normalized spacial score (nSPS) is 13.7. The van der Waals surface area contributed by atoms with E-state index in [0.717, 1.165) is 43.6 Å². The summed E-state index contributed by atoms with van der Waals surface area (Å²) in [6.45, 7) is 4.53. The molecule has 2 aromatic carbocycles. The van der Waals surface area contributed by atoms with Gasteiger partial charge in [0, 0.05) is 30.4 Å². The van der Waals surface area contributed by atoms with E-state index in [9.17, 15) is 4.79 Å². The van der Waals surface area contributed by atoms with E-state index < -0.39 is 0 Å². The van der Waals surface area contributed by atoms with Crippen molar-refractivity contribution in [3.8, 4) is 11.5 Å². The summed E-state index contributed by atoms with van der Waals surface area (Å²) in [5.74, 6) is 0.880. The summed E-state index contributed by atoms with van der Waals surface area (Å²) in [4.78, 5) is 15.3. The number of amides is 1. The third-order valence-corrected chi connectivity index (χ3v) is 5.32. The number of nitrogens with zero attached hydrogens (tertiary/aromatic N) is 2. The van der Waals surface area contributed by atoms with E-state index in [1.165, 1.54) is 9.98 Å². The van der Waals surface area contributed by atoms with Gasteiger partial charge in [0.15, 0.2) is 11.5 Å². The van der Waals surface area contributed by atoms with Crippen molar-refractivity contribution in [1.29, 1.82) is 0 Å². The van der Waals surface area contributed by atoms with Crippen LogP contribution in [0.2, 0.25) is 0 Å². The molecule has 0 aromatic heterocycles. The van der Waals surface area contributed by atoms with Gasteiger partial charge in [-0.05, 0) is 55.3 Å². The predicted molar refractivity (Wildman–Crippen MR) is 113 cm³/mol. The summed E-state index contributed by atoms with van der Waals surface area (Å²) in [7, 11) is 3.66. The molecule has 0 spiro atoms. The average molecular weight is 403 g/mol. The number of anilines is 1. The second-order valence-electron chi connectivity index (χ2n) is 7.06. The Labute approximate surface area is 171 Å². The molecule has 2 aromatic rings. The highest BCUT2D eigenvalue weighted by atomic mass is 35.5. The molecule has 150 valence electrons.